The van der Waals surface area contributed by atoms with Crippen molar-refractivity contribution >= 4 is 15.9 Å². The SMILES string of the molecule is CC(C)(CCCCBr)CO[C@H]1CCCCO1. The molecule has 0 aromatic rings. The summed E-state index contributed by atoms with van der Waals surface area (Å²) in [6, 6.07) is 0. The number of ether oxygens (including phenoxy) is 2. The van der Waals surface area contributed by atoms with Crippen molar-refractivity contribution in [2.24, 2.45) is 5.41 Å². The molecule has 96 valence electrons. The van der Waals surface area contributed by atoms with Crippen LogP contribution in [0.15, 0.2) is 0 Å². The zero-order valence-corrected chi connectivity index (χ0v) is 12.2. The lowest BCUT2D eigenvalue weighted by Crippen LogP contribution is -2.28. The summed E-state index contributed by atoms with van der Waals surface area (Å²) in [5.41, 5.74) is 0.281. The Kier molecular flexibility index (Phi) is 6.94. The van der Waals surface area contributed by atoms with Gasteiger partial charge in [-0.15, -0.1) is 0 Å². The summed E-state index contributed by atoms with van der Waals surface area (Å²) in [6.45, 7) is 6.25. The molecule has 3 heteroatoms. The van der Waals surface area contributed by atoms with Gasteiger partial charge in [-0.2, -0.15) is 0 Å². The molecule has 0 aliphatic carbocycles. The highest BCUT2D eigenvalue weighted by molar-refractivity contribution is 9.09. The van der Waals surface area contributed by atoms with Gasteiger partial charge in [0.25, 0.3) is 0 Å². The van der Waals surface area contributed by atoms with Crippen LogP contribution in [0.4, 0.5) is 0 Å². The van der Waals surface area contributed by atoms with Crippen molar-refractivity contribution in [1.29, 1.82) is 0 Å². The Morgan fingerprint density at radius 3 is 2.75 bits per heavy atom. The van der Waals surface area contributed by atoms with Gasteiger partial charge in [0, 0.05) is 11.9 Å². The number of hydrogen-bond donors (Lipinski definition) is 0. The van der Waals surface area contributed by atoms with E-state index in [0.29, 0.717) is 0 Å². The molecular weight excluding hydrogens is 268 g/mol. The molecule has 0 N–H and O–H groups in total. The van der Waals surface area contributed by atoms with E-state index in [1.54, 1.807) is 0 Å². The predicted molar refractivity (Wildman–Crippen MR) is 71.0 cm³/mol. The quantitative estimate of drug-likeness (QED) is 0.519. The first-order chi connectivity index (χ1) is 7.64. The lowest BCUT2D eigenvalue weighted by Gasteiger charge is -2.29. The molecule has 0 unspecified atom stereocenters. The monoisotopic (exact) mass is 292 g/mol. The summed E-state index contributed by atoms with van der Waals surface area (Å²) in [7, 11) is 0. The van der Waals surface area contributed by atoms with Crippen LogP contribution in [0.2, 0.25) is 0 Å². The van der Waals surface area contributed by atoms with Crippen LogP contribution in [0.3, 0.4) is 0 Å². The fourth-order valence-corrected chi connectivity index (χ4v) is 2.33. The van der Waals surface area contributed by atoms with Crippen LogP contribution in [0, 0.1) is 5.41 Å². The van der Waals surface area contributed by atoms with E-state index < -0.39 is 0 Å². The van der Waals surface area contributed by atoms with E-state index in [1.165, 1.54) is 32.1 Å². The van der Waals surface area contributed by atoms with Crippen molar-refractivity contribution in [3.63, 3.8) is 0 Å². The molecule has 1 rings (SSSR count). The van der Waals surface area contributed by atoms with Gasteiger partial charge < -0.3 is 9.47 Å². The van der Waals surface area contributed by atoms with Gasteiger partial charge in [-0.25, -0.2) is 0 Å². The molecule has 0 aromatic carbocycles. The summed E-state index contributed by atoms with van der Waals surface area (Å²) in [4.78, 5) is 0. The number of hydrogen-bond acceptors (Lipinski definition) is 2. The van der Waals surface area contributed by atoms with E-state index in [1.807, 2.05) is 0 Å². The van der Waals surface area contributed by atoms with Crippen LogP contribution in [-0.4, -0.2) is 24.8 Å². The smallest absolute Gasteiger partial charge is 0.157 e. The van der Waals surface area contributed by atoms with Crippen molar-refractivity contribution in [2.45, 2.75) is 58.7 Å². The molecule has 0 amide bonds. The summed E-state index contributed by atoms with van der Waals surface area (Å²) in [5, 5.41) is 1.11. The van der Waals surface area contributed by atoms with Gasteiger partial charge in [-0.1, -0.05) is 36.2 Å². The summed E-state index contributed by atoms with van der Waals surface area (Å²) < 4.78 is 11.4. The molecule has 0 spiro atoms. The van der Waals surface area contributed by atoms with E-state index in [9.17, 15) is 0 Å². The Morgan fingerprint density at radius 1 is 1.31 bits per heavy atom. The third-order valence-electron chi connectivity index (χ3n) is 3.04. The molecule has 1 saturated heterocycles. The van der Waals surface area contributed by atoms with Crippen molar-refractivity contribution in [3.05, 3.63) is 0 Å². The van der Waals surface area contributed by atoms with Gasteiger partial charge >= 0.3 is 0 Å². The van der Waals surface area contributed by atoms with E-state index in [-0.39, 0.29) is 11.7 Å². The van der Waals surface area contributed by atoms with Crippen LogP contribution >= 0.6 is 15.9 Å². The molecule has 1 fully saturated rings. The second kappa shape index (κ2) is 7.67. The summed E-state index contributed by atoms with van der Waals surface area (Å²) in [5.74, 6) is 0. The third kappa shape index (κ3) is 6.21. The second-order valence-corrected chi connectivity index (χ2v) is 6.21. The molecule has 1 aliphatic rings. The highest BCUT2D eigenvalue weighted by Gasteiger charge is 2.21. The number of rotatable bonds is 7. The third-order valence-corrected chi connectivity index (χ3v) is 3.60. The van der Waals surface area contributed by atoms with E-state index in [2.05, 4.69) is 29.8 Å². The molecule has 1 atom stereocenters. The Balaban J connectivity index is 2.13. The number of halogens is 1. The van der Waals surface area contributed by atoms with E-state index >= 15 is 0 Å². The van der Waals surface area contributed by atoms with Gasteiger partial charge in [0.15, 0.2) is 6.29 Å². The maximum absolute atomic E-state index is 5.84. The lowest BCUT2D eigenvalue weighted by atomic mass is 9.88. The molecular formula is C13H25BrO2. The highest BCUT2D eigenvalue weighted by Crippen LogP contribution is 2.25. The van der Waals surface area contributed by atoms with Gasteiger partial charge in [-0.05, 0) is 37.5 Å². The highest BCUT2D eigenvalue weighted by atomic mass is 79.9. The molecule has 1 aliphatic heterocycles. The molecule has 0 saturated carbocycles. The van der Waals surface area contributed by atoms with Crippen LogP contribution in [-0.2, 0) is 9.47 Å². The predicted octanol–water partition coefficient (Wildman–Crippen LogP) is 4.12. The van der Waals surface area contributed by atoms with Gasteiger partial charge in [-0.3, -0.25) is 0 Å². The first-order valence-corrected chi connectivity index (χ1v) is 7.55. The van der Waals surface area contributed by atoms with Gasteiger partial charge in [0.1, 0.15) is 0 Å². The topological polar surface area (TPSA) is 18.5 Å². The fourth-order valence-electron chi connectivity index (χ4n) is 1.93. The minimum absolute atomic E-state index is 0.0594. The van der Waals surface area contributed by atoms with Gasteiger partial charge in [0.2, 0.25) is 0 Å². The lowest BCUT2D eigenvalue weighted by molar-refractivity contribution is -0.176. The van der Waals surface area contributed by atoms with E-state index in [0.717, 1.165) is 25.0 Å². The Hall–Kier alpha value is 0.400. The second-order valence-electron chi connectivity index (χ2n) is 5.42. The van der Waals surface area contributed by atoms with Crippen LogP contribution in [0.25, 0.3) is 0 Å². The van der Waals surface area contributed by atoms with Crippen LogP contribution in [0.5, 0.6) is 0 Å². The average Bonchev–Trinajstić information content (AvgIpc) is 2.28. The fraction of sp³-hybridized carbons (Fsp3) is 1.00. The van der Waals surface area contributed by atoms with Crippen molar-refractivity contribution in [2.75, 3.05) is 18.5 Å². The minimum atomic E-state index is 0.0594. The molecule has 2 nitrogen and oxygen atoms in total. The zero-order valence-electron chi connectivity index (χ0n) is 10.6. The average molecular weight is 293 g/mol. The Morgan fingerprint density at radius 2 is 2.12 bits per heavy atom. The van der Waals surface area contributed by atoms with E-state index in [4.69, 9.17) is 9.47 Å². The Bertz CT molecular complexity index is 177. The molecule has 0 radical (unpaired) electrons. The van der Waals surface area contributed by atoms with Crippen LogP contribution < -0.4 is 0 Å². The largest absolute Gasteiger partial charge is 0.353 e. The molecule has 0 aromatic heterocycles. The van der Waals surface area contributed by atoms with Crippen molar-refractivity contribution in [1.82, 2.24) is 0 Å². The van der Waals surface area contributed by atoms with Crippen molar-refractivity contribution in [3.8, 4) is 0 Å². The maximum Gasteiger partial charge on any atom is 0.157 e. The molecule has 1 heterocycles. The summed E-state index contributed by atoms with van der Waals surface area (Å²) >= 11 is 3.47. The molecule has 0 bridgehead atoms. The standard InChI is InChI=1S/C13H25BrO2/c1-13(2,8-4-5-9-14)11-16-12-7-3-6-10-15-12/h12H,3-11H2,1-2H3/t12-/m0/s1. The first-order valence-electron chi connectivity index (χ1n) is 6.43. The maximum atomic E-state index is 5.84. The minimum Gasteiger partial charge on any atom is -0.353 e. The first kappa shape index (κ1) is 14.5. The number of unbranched alkanes of at least 4 members (excludes halogenated alkanes) is 1. The normalized spacial score (nSPS) is 22.3. The van der Waals surface area contributed by atoms with Crippen molar-refractivity contribution < 1.29 is 9.47 Å². The molecule has 16 heavy (non-hydrogen) atoms. The van der Waals surface area contributed by atoms with Gasteiger partial charge in [0.05, 0.1) is 6.61 Å². The summed E-state index contributed by atoms with van der Waals surface area (Å²) in [6.07, 6.45) is 7.31. The zero-order chi connectivity index (χ0) is 11.9. The van der Waals surface area contributed by atoms with Crippen LogP contribution in [0.1, 0.15) is 52.4 Å². The Labute approximate surface area is 108 Å². The number of alkyl halides is 1.